The minimum Gasteiger partial charge on any atom is -0.383 e. The third-order valence-electron chi connectivity index (χ3n) is 3.01. The predicted octanol–water partition coefficient (Wildman–Crippen LogP) is 2.10. The van der Waals surface area contributed by atoms with Gasteiger partial charge in [0.2, 0.25) is 0 Å². The van der Waals surface area contributed by atoms with Crippen LogP contribution in [0.4, 0.5) is 5.82 Å². The third kappa shape index (κ3) is 1.92. The number of imidazole rings is 2. The van der Waals surface area contributed by atoms with Gasteiger partial charge in [0.05, 0.1) is 18.2 Å². The summed E-state index contributed by atoms with van der Waals surface area (Å²) < 4.78 is 4.03. The van der Waals surface area contributed by atoms with Crippen molar-refractivity contribution >= 4 is 5.82 Å². The maximum atomic E-state index is 6.19. The quantitative estimate of drug-likeness (QED) is 0.820. The molecule has 2 heterocycles. The number of aryl methyl sites for hydroxylation is 2. The van der Waals surface area contributed by atoms with E-state index in [2.05, 4.69) is 30.4 Å². The smallest absolute Gasteiger partial charge is 0.133 e. The van der Waals surface area contributed by atoms with E-state index in [1.54, 1.807) is 12.5 Å². The number of nitrogen functional groups attached to an aromatic ring is 1. The highest BCUT2D eigenvalue weighted by Crippen LogP contribution is 2.26. The van der Waals surface area contributed by atoms with Crippen LogP contribution in [0.25, 0.3) is 11.4 Å². The normalized spacial score (nSPS) is 10.8. The molecule has 0 saturated carbocycles. The first-order valence-corrected chi connectivity index (χ1v) is 6.19. The number of aromatic nitrogens is 4. The zero-order valence-corrected chi connectivity index (χ0v) is 10.9. The lowest BCUT2D eigenvalue weighted by Crippen LogP contribution is -2.05. The van der Waals surface area contributed by atoms with Crippen LogP contribution in [0.1, 0.15) is 19.7 Å². The fourth-order valence-corrected chi connectivity index (χ4v) is 2.07. The van der Waals surface area contributed by atoms with Crippen molar-refractivity contribution in [1.29, 1.82) is 0 Å². The van der Waals surface area contributed by atoms with Crippen LogP contribution in [-0.2, 0) is 19.5 Å². The Balaban J connectivity index is 2.55. The van der Waals surface area contributed by atoms with Gasteiger partial charge in [0, 0.05) is 19.5 Å². The lowest BCUT2D eigenvalue weighted by atomic mass is 10.3. The summed E-state index contributed by atoms with van der Waals surface area (Å²) in [7, 11) is 0. The molecule has 96 valence electrons. The van der Waals surface area contributed by atoms with Gasteiger partial charge < -0.3 is 14.9 Å². The molecule has 0 bridgehead atoms. The lowest BCUT2D eigenvalue weighted by Gasteiger charge is -2.06. The second-order valence-corrected chi connectivity index (χ2v) is 4.08. The van der Waals surface area contributed by atoms with Crippen molar-refractivity contribution in [3.05, 3.63) is 31.0 Å². The molecule has 5 nitrogen and oxygen atoms in total. The summed E-state index contributed by atoms with van der Waals surface area (Å²) >= 11 is 0. The number of nitrogens with zero attached hydrogens (tertiary/aromatic N) is 4. The Hall–Kier alpha value is -2.04. The molecule has 0 aliphatic heterocycles. The van der Waals surface area contributed by atoms with Gasteiger partial charge in [-0.05, 0) is 6.92 Å². The zero-order valence-electron chi connectivity index (χ0n) is 10.9. The Morgan fingerprint density at radius 2 is 2.22 bits per heavy atom. The molecule has 0 fully saturated rings. The molecule has 0 saturated heterocycles. The molecule has 0 spiro atoms. The first kappa shape index (κ1) is 12.4. The van der Waals surface area contributed by atoms with Gasteiger partial charge in [-0.2, -0.15) is 0 Å². The Morgan fingerprint density at radius 1 is 1.44 bits per heavy atom. The second-order valence-electron chi connectivity index (χ2n) is 4.08. The Kier molecular flexibility index (Phi) is 3.50. The van der Waals surface area contributed by atoms with Crippen LogP contribution in [0.15, 0.2) is 25.2 Å². The molecule has 0 aliphatic carbocycles. The highest BCUT2D eigenvalue weighted by Gasteiger charge is 2.16. The molecule has 2 rings (SSSR count). The Labute approximate surface area is 107 Å². The van der Waals surface area contributed by atoms with Crippen molar-refractivity contribution in [2.45, 2.75) is 33.4 Å². The maximum absolute atomic E-state index is 6.19. The van der Waals surface area contributed by atoms with Gasteiger partial charge in [0.1, 0.15) is 17.3 Å². The van der Waals surface area contributed by atoms with Crippen LogP contribution < -0.4 is 5.73 Å². The van der Waals surface area contributed by atoms with Crippen LogP contribution in [0.2, 0.25) is 0 Å². The molecule has 0 radical (unpaired) electrons. The van der Waals surface area contributed by atoms with E-state index in [1.807, 2.05) is 15.2 Å². The molecule has 2 aromatic rings. The third-order valence-corrected chi connectivity index (χ3v) is 3.01. The van der Waals surface area contributed by atoms with E-state index in [0.717, 1.165) is 30.2 Å². The van der Waals surface area contributed by atoms with Crippen molar-refractivity contribution in [2.24, 2.45) is 0 Å². The van der Waals surface area contributed by atoms with Gasteiger partial charge in [-0.1, -0.05) is 13.0 Å². The molecular formula is C13H19N5. The largest absolute Gasteiger partial charge is 0.383 e. The van der Waals surface area contributed by atoms with Gasteiger partial charge in [-0.3, -0.25) is 0 Å². The number of nitrogens with two attached hydrogens (primary N) is 1. The summed E-state index contributed by atoms with van der Waals surface area (Å²) in [4.78, 5) is 8.79. The molecule has 0 aliphatic rings. The second kappa shape index (κ2) is 5.08. The average Bonchev–Trinajstić information content (AvgIpc) is 2.95. The van der Waals surface area contributed by atoms with E-state index in [-0.39, 0.29) is 0 Å². The van der Waals surface area contributed by atoms with E-state index in [0.29, 0.717) is 12.4 Å². The standard InChI is InChI=1S/C13H19N5/c1-4-7-18-11(5-2)16-12(13(18)14)10-8-15-9-17(10)6-3/h4,8-9H,1,5-7,14H2,2-3H3. The highest BCUT2D eigenvalue weighted by molar-refractivity contribution is 5.68. The van der Waals surface area contributed by atoms with Crippen molar-refractivity contribution < 1.29 is 0 Å². The first-order chi connectivity index (χ1) is 8.72. The van der Waals surface area contributed by atoms with Gasteiger partial charge in [0.15, 0.2) is 0 Å². The molecule has 0 unspecified atom stereocenters. The van der Waals surface area contributed by atoms with Crippen molar-refractivity contribution in [3.8, 4) is 11.4 Å². The van der Waals surface area contributed by atoms with Crippen LogP contribution in [0.3, 0.4) is 0 Å². The van der Waals surface area contributed by atoms with E-state index in [4.69, 9.17) is 5.73 Å². The predicted molar refractivity (Wildman–Crippen MR) is 73.1 cm³/mol. The summed E-state index contributed by atoms with van der Waals surface area (Å²) in [5, 5.41) is 0. The molecular weight excluding hydrogens is 226 g/mol. The van der Waals surface area contributed by atoms with E-state index < -0.39 is 0 Å². The van der Waals surface area contributed by atoms with Crippen molar-refractivity contribution in [3.63, 3.8) is 0 Å². The minimum absolute atomic E-state index is 0.682. The van der Waals surface area contributed by atoms with Crippen LogP contribution in [0.5, 0.6) is 0 Å². The number of hydrogen-bond acceptors (Lipinski definition) is 3. The fraction of sp³-hybridized carbons (Fsp3) is 0.385. The van der Waals surface area contributed by atoms with Crippen LogP contribution in [0, 0.1) is 0 Å². The summed E-state index contributed by atoms with van der Waals surface area (Å²) in [6.45, 7) is 9.43. The number of anilines is 1. The Bertz CT molecular complexity index is 550. The molecule has 0 atom stereocenters. The molecule has 0 amide bonds. The van der Waals surface area contributed by atoms with E-state index in [9.17, 15) is 0 Å². The molecule has 18 heavy (non-hydrogen) atoms. The average molecular weight is 245 g/mol. The molecule has 2 N–H and O–H groups in total. The molecule has 5 heteroatoms. The number of rotatable bonds is 5. The molecule has 0 aromatic carbocycles. The van der Waals surface area contributed by atoms with E-state index >= 15 is 0 Å². The van der Waals surface area contributed by atoms with Crippen molar-refractivity contribution in [2.75, 3.05) is 5.73 Å². The maximum Gasteiger partial charge on any atom is 0.133 e. The monoisotopic (exact) mass is 245 g/mol. The first-order valence-electron chi connectivity index (χ1n) is 6.19. The summed E-state index contributed by atoms with van der Waals surface area (Å²) in [6.07, 6.45) is 6.28. The summed E-state index contributed by atoms with van der Waals surface area (Å²) in [5.74, 6) is 1.66. The van der Waals surface area contributed by atoms with Gasteiger partial charge in [0.25, 0.3) is 0 Å². The van der Waals surface area contributed by atoms with Gasteiger partial charge >= 0.3 is 0 Å². The number of allylic oxidation sites excluding steroid dienone is 1. The zero-order chi connectivity index (χ0) is 13.1. The Morgan fingerprint density at radius 3 is 2.83 bits per heavy atom. The van der Waals surface area contributed by atoms with Crippen LogP contribution >= 0.6 is 0 Å². The lowest BCUT2D eigenvalue weighted by molar-refractivity contribution is 0.757. The number of hydrogen-bond donors (Lipinski definition) is 1. The van der Waals surface area contributed by atoms with Gasteiger partial charge in [-0.15, -0.1) is 6.58 Å². The minimum atomic E-state index is 0.682. The topological polar surface area (TPSA) is 61.7 Å². The fourth-order valence-electron chi connectivity index (χ4n) is 2.07. The van der Waals surface area contributed by atoms with Crippen LogP contribution in [-0.4, -0.2) is 19.1 Å². The SMILES string of the molecule is C=CCn1c(CC)nc(-c2cncn2CC)c1N. The van der Waals surface area contributed by atoms with Gasteiger partial charge in [-0.25, -0.2) is 9.97 Å². The molecule has 2 aromatic heterocycles. The van der Waals surface area contributed by atoms with E-state index in [1.165, 1.54) is 0 Å². The highest BCUT2D eigenvalue weighted by atomic mass is 15.2. The summed E-state index contributed by atoms with van der Waals surface area (Å²) in [6, 6.07) is 0. The van der Waals surface area contributed by atoms with Crippen molar-refractivity contribution in [1.82, 2.24) is 19.1 Å². The summed E-state index contributed by atoms with van der Waals surface area (Å²) in [5.41, 5.74) is 7.97.